The predicted octanol–water partition coefficient (Wildman–Crippen LogP) is 1.66. The highest BCUT2D eigenvalue weighted by Crippen LogP contribution is 2.28. The van der Waals surface area contributed by atoms with Gasteiger partial charge in [0, 0.05) is 45.8 Å². The molecular formula is C23H38N4O4. The Morgan fingerprint density at radius 2 is 1.81 bits per heavy atom. The van der Waals surface area contributed by atoms with Crippen molar-refractivity contribution in [1.29, 1.82) is 0 Å². The lowest BCUT2D eigenvalue weighted by Gasteiger charge is -2.34. The summed E-state index contributed by atoms with van der Waals surface area (Å²) in [6.45, 7) is 12.8. The SMILES string of the molecule is CCN(CC)C(=O)Cc1ccc(OCC(O)CN2CCN(C(N)=O)CC2)c(C(C)C)c1. The van der Waals surface area contributed by atoms with Gasteiger partial charge in [-0.05, 0) is 37.0 Å². The fraction of sp³-hybridized carbons (Fsp3) is 0.652. The number of carbonyl (C=O) groups is 2. The molecule has 1 aliphatic heterocycles. The Morgan fingerprint density at radius 3 is 2.35 bits per heavy atom. The lowest BCUT2D eigenvalue weighted by molar-refractivity contribution is -0.130. The van der Waals surface area contributed by atoms with Crippen molar-refractivity contribution in [3.8, 4) is 5.75 Å². The van der Waals surface area contributed by atoms with Crippen LogP contribution in [0.5, 0.6) is 5.75 Å². The van der Waals surface area contributed by atoms with Crippen LogP contribution in [-0.2, 0) is 11.2 Å². The first kappa shape index (κ1) is 24.9. The summed E-state index contributed by atoms with van der Waals surface area (Å²) in [7, 11) is 0. The summed E-state index contributed by atoms with van der Waals surface area (Å²) in [4.78, 5) is 29.2. The molecule has 8 nitrogen and oxygen atoms in total. The molecule has 1 unspecified atom stereocenters. The number of β-amino-alcohol motifs (C(OH)–C–C–N with tert-alkyl or cyclic N) is 1. The first-order valence-corrected chi connectivity index (χ1v) is 11.2. The molecule has 1 fully saturated rings. The van der Waals surface area contributed by atoms with Crippen molar-refractivity contribution in [2.45, 2.75) is 46.1 Å². The summed E-state index contributed by atoms with van der Waals surface area (Å²) in [6.07, 6.45) is -0.259. The number of urea groups is 1. The Bertz CT molecular complexity index is 728. The number of hydrogen-bond acceptors (Lipinski definition) is 5. The molecule has 1 aliphatic rings. The van der Waals surface area contributed by atoms with E-state index in [1.807, 2.05) is 36.9 Å². The number of piperazine rings is 1. The number of nitrogens with zero attached hydrogens (tertiary/aromatic N) is 3. The van der Waals surface area contributed by atoms with E-state index >= 15 is 0 Å². The van der Waals surface area contributed by atoms with Crippen LogP contribution in [0.15, 0.2) is 18.2 Å². The quantitative estimate of drug-likeness (QED) is 0.583. The lowest BCUT2D eigenvalue weighted by Crippen LogP contribution is -2.52. The molecule has 0 aromatic heterocycles. The fourth-order valence-electron chi connectivity index (χ4n) is 3.84. The molecule has 0 aliphatic carbocycles. The molecule has 0 saturated carbocycles. The third-order valence-electron chi connectivity index (χ3n) is 5.75. The van der Waals surface area contributed by atoms with Crippen molar-refractivity contribution in [2.75, 3.05) is 52.4 Å². The molecule has 0 radical (unpaired) electrons. The summed E-state index contributed by atoms with van der Waals surface area (Å²) in [5.41, 5.74) is 7.32. The number of aliphatic hydroxyl groups excluding tert-OH is 1. The van der Waals surface area contributed by atoms with Crippen molar-refractivity contribution in [1.82, 2.24) is 14.7 Å². The maximum Gasteiger partial charge on any atom is 0.314 e. The number of hydrogen-bond donors (Lipinski definition) is 2. The van der Waals surface area contributed by atoms with Gasteiger partial charge < -0.3 is 25.4 Å². The Hall–Kier alpha value is -2.32. The van der Waals surface area contributed by atoms with Crippen LogP contribution in [0.1, 0.15) is 44.7 Å². The van der Waals surface area contributed by atoms with E-state index in [-0.39, 0.29) is 18.4 Å². The van der Waals surface area contributed by atoms with Crippen molar-refractivity contribution in [2.24, 2.45) is 5.73 Å². The molecule has 8 heteroatoms. The second-order valence-electron chi connectivity index (χ2n) is 8.36. The highest BCUT2D eigenvalue weighted by molar-refractivity contribution is 5.78. The second-order valence-corrected chi connectivity index (χ2v) is 8.36. The second kappa shape index (κ2) is 11.9. The van der Waals surface area contributed by atoms with Gasteiger partial charge in [-0.3, -0.25) is 9.69 Å². The third-order valence-corrected chi connectivity index (χ3v) is 5.75. The van der Waals surface area contributed by atoms with Crippen molar-refractivity contribution >= 4 is 11.9 Å². The number of primary amides is 1. The summed E-state index contributed by atoms with van der Waals surface area (Å²) in [5.74, 6) is 1.10. The van der Waals surface area contributed by atoms with Gasteiger partial charge in [0.1, 0.15) is 18.5 Å². The third kappa shape index (κ3) is 7.40. The number of likely N-dealkylation sites (N-methyl/N-ethyl adjacent to an activating group) is 1. The number of benzene rings is 1. The van der Waals surface area contributed by atoms with Crippen LogP contribution >= 0.6 is 0 Å². The van der Waals surface area contributed by atoms with Gasteiger partial charge in [-0.15, -0.1) is 0 Å². The number of nitrogens with two attached hydrogens (primary N) is 1. The van der Waals surface area contributed by atoms with Gasteiger partial charge in [-0.2, -0.15) is 0 Å². The molecule has 1 aromatic carbocycles. The van der Waals surface area contributed by atoms with Crippen LogP contribution in [0.3, 0.4) is 0 Å². The zero-order chi connectivity index (χ0) is 23.0. The van der Waals surface area contributed by atoms with E-state index in [1.165, 1.54) is 0 Å². The normalized spacial score (nSPS) is 15.7. The monoisotopic (exact) mass is 434 g/mol. The maximum atomic E-state index is 12.4. The van der Waals surface area contributed by atoms with E-state index in [0.717, 1.165) is 16.9 Å². The molecule has 1 heterocycles. The molecule has 3 N–H and O–H groups in total. The molecule has 0 bridgehead atoms. The molecule has 31 heavy (non-hydrogen) atoms. The van der Waals surface area contributed by atoms with Gasteiger partial charge in [-0.25, -0.2) is 4.79 Å². The van der Waals surface area contributed by atoms with Gasteiger partial charge in [0.25, 0.3) is 0 Å². The summed E-state index contributed by atoms with van der Waals surface area (Å²) in [5, 5.41) is 10.4. The number of amides is 3. The average Bonchev–Trinajstić information content (AvgIpc) is 2.74. The molecule has 0 spiro atoms. The van der Waals surface area contributed by atoms with Crippen molar-refractivity contribution in [3.63, 3.8) is 0 Å². The van der Waals surface area contributed by atoms with Gasteiger partial charge in [0.15, 0.2) is 0 Å². The van der Waals surface area contributed by atoms with Crippen LogP contribution in [0.25, 0.3) is 0 Å². The van der Waals surface area contributed by atoms with Crippen LogP contribution < -0.4 is 10.5 Å². The predicted molar refractivity (Wildman–Crippen MR) is 121 cm³/mol. The average molecular weight is 435 g/mol. The van der Waals surface area contributed by atoms with Crippen LogP contribution in [-0.4, -0.2) is 90.3 Å². The zero-order valence-corrected chi connectivity index (χ0v) is 19.3. The van der Waals surface area contributed by atoms with Crippen LogP contribution in [0.4, 0.5) is 4.79 Å². The van der Waals surface area contributed by atoms with Gasteiger partial charge in [0.05, 0.1) is 6.42 Å². The lowest BCUT2D eigenvalue weighted by atomic mass is 9.98. The minimum Gasteiger partial charge on any atom is -0.491 e. The topological polar surface area (TPSA) is 99.3 Å². The Kier molecular flexibility index (Phi) is 9.58. The van der Waals surface area contributed by atoms with Crippen LogP contribution in [0, 0.1) is 0 Å². The molecule has 2 rings (SSSR count). The number of rotatable bonds is 10. The number of ether oxygens (including phenoxy) is 1. The standard InChI is InChI=1S/C23H38N4O4/c1-5-26(6-2)22(29)14-18-7-8-21(20(13-18)17(3)4)31-16-19(28)15-25-9-11-27(12-10-25)23(24)30/h7-8,13,17,19,28H,5-6,9-12,14-16H2,1-4H3,(H2,24,30). The summed E-state index contributed by atoms with van der Waals surface area (Å²) < 4.78 is 5.95. The molecule has 174 valence electrons. The Labute approximate surface area is 185 Å². The highest BCUT2D eigenvalue weighted by atomic mass is 16.5. The minimum atomic E-state index is -0.635. The first-order chi connectivity index (χ1) is 14.7. The molecule has 1 aromatic rings. The summed E-state index contributed by atoms with van der Waals surface area (Å²) in [6, 6.07) is 5.47. The number of carbonyl (C=O) groups excluding carboxylic acids is 2. The number of aliphatic hydroxyl groups is 1. The maximum absolute atomic E-state index is 12.4. The van der Waals surface area contributed by atoms with E-state index in [4.69, 9.17) is 10.5 Å². The Morgan fingerprint density at radius 1 is 1.16 bits per heavy atom. The summed E-state index contributed by atoms with van der Waals surface area (Å²) >= 11 is 0. The van der Waals surface area contributed by atoms with Crippen molar-refractivity contribution in [3.05, 3.63) is 29.3 Å². The van der Waals surface area contributed by atoms with Crippen LogP contribution in [0.2, 0.25) is 0 Å². The van der Waals surface area contributed by atoms with E-state index in [1.54, 1.807) is 4.90 Å². The van der Waals surface area contributed by atoms with E-state index in [2.05, 4.69) is 18.7 Å². The largest absolute Gasteiger partial charge is 0.491 e. The smallest absolute Gasteiger partial charge is 0.314 e. The molecule has 1 atom stereocenters. The zero-order valence-electron chi connectivity index (χ0n) is 19.3. The van der Waals surface area contributed by atoms with Gasteiger partial charge in [0.2, 0.25) is 5.91 Å². The van der Waals surface area contributed by atoms with E-state index in [0.29, 0.717) is 52.2 Å². The molecule has 3 amide bonds. The van der Waals surface area contributed by atoms with E-state index in [9.17, 15) is 14.7 Å². The van der Waals surface area contributed by atoms with Crippen molar-refractivity contribution < 1.29 is 19.4 Å². The van der Waals surface area contributed by atoms with E-state index < -0.39 is 12.1 Å². The molecule has 1 saturated heterocycles. The first-order valence-electron chi connectivity index (χ1n) is 11.2. The Balaban J connectivity index is 1.92. The minimum absolute atomic E-state index is 0.125. The molecular weight excluding hydrogens is 396 g/mol. The van der Waals surface area contributed by atoms with Gasteiger partial charge in [-0.1, -0.05) is 26.0 Å². The fourth-order valence-corrected chi connectivity index (χ4v) is 3.84. The van der Waals surface area contributed by atoms with Gasteiger partial charge >= 0.3 is 6.03 Å². The highest BCUT2D eigenvalue weighted by Gasteiger charge is 2.21.